The van der Waals surface area contributed by atoms with Crippen molar-refractivity contribution in [1.29, 1.82) is 0 Å². The molecule has 3 rings (SSSR count). The molecular weight excluding hydrogens is 347 g/mol. The highest BCUT2D eigenvalue weighted by Gasteiger charge is 2.68. The van der Waals surface area contributed by atoms with Crippen LogP contribution in [-0.4, -0.2) is 48.5 Å². The molecule has 2 fully saturated rings. The van der Waals surface area contributed by atoms with Crippen molar-refractivity contribution in [2.75, 3.05) is 12.8 Å². The summed E-state index contributed by atoms with van der Waals surface area (Å²) in [5.74, 6) is 0. The van der Waals surface area contributed by atoms with Gasteiger partial charge in [0.15, 0.2) is 14.7 Å². The first-order valence-electron chi connectivity index (χ1n) is 7.41. The summed E-state index contributed by atoms with van der Waals surface area (Å²) in [5, 5.41) is -1.01. The largest absolute Gasteiger partial charge is 0.416 e. The molecular formula is C15H18F3NO2S2. The predicted molar refractivity (Wildman–Crippen MR) is 84.1 cm³/mol. The fourth-order valence-electron chi connectivity index (χ4n) is 3.85. The summed E-state index contributed by atoms with van der Waals surface area (Å²) in [6.45, 7) is 0.297. The van der Waals surface area contributed by atoms with E-state index in [9.17, 15) is 21.6 Å². The zero-order chi connectivity index (χ0) is 16.9. The Balaban J connectivity index is 2.05. The summed E-state index contributed by atoms with van der Waals surface area (Å²) in [6, 6.07) is 7.24. The number of fused-ring (bicyclic) bond motifs is 1. The third kappa shape index (κ3) is 2.49. The van der Waals surface area contributed by atoms with Gasteiger partial charge in [-0.2, -0.15) is 13.2 Å². The van der Waals surface area contributed by atoms with Crippen LogP contribution in [0.3, 0.4) is 0 Å². The maximum absolute atomic E-state index is 13.8. The van der Waals surface area contributed by atoms with E-state index >= 15 is 0 Å². The highest BCUT2D eigenvalue weighted by molar-refractivity contribution is 8.00. The highest BCUT2D eigenvalue weighted by Crippen LogP contribution is 2.56. The van der Waals surface area contributed by atoms with Gasteiger partial charge in [0.25, 0.3) is 0 Å². The topological polar surface area (TPSA) is 37.4 Å². The standard InChI is InChI=1S/C15H18F3NO2S2/c1-22-14(15(16,17)18)10-13(12-8-5-9-19(12)14)23(20,21)11-6-3-2-4-7-11/h2-4,6-7,12-13H,5,8-10H2,1H3/t12-,13-,14-/m1/s1. The van der Waals surface area contributed by atoms with Gasteiger partial charge in [0.2, 0.25) is 0 Å². The molecule has 0 spiro atoms. The van der Waals surface area contributed by atoms with Crippen LogP contribution in [0.25, 0.3) is 0 Å². The smallest absolute Gasteiger partial charge is 0.277 e. The number of halogens is 3. The van der Waals surface area contributed by atoms with E-state index in [1.807, 2.05) is 0 Å². The number of nitrogens with zero attached hydrogens (tertiary/aromatic N) is 1. The number of rotatable bonds is 3. The number of sulfone groups is 1. The van der Waals surface area contributed by atoms with Gasteiger partial charge in [-0.25, -0.2) is 8.42 Å². The van der Waals surface area contributed by atoms with E-state index < -0.39 is 38.6 Å². The Morgan fingerprint density at radius 3 is 2.48 bits per heavy atom. The fourth-order valence-corrected chi connectivity index (χ4v) is 7.04. The van der Waals surface area contributed by atoms with Gasteiger partial charge in [-0.15, -0.1) is 11.8 Å². The maximum atomic E-state index is 13.8. The second kappa shape index (κ2) is 5.67. The van der Waals surface area contributed by atoms with Gasteiger partial charge in [-0.3, -0.25) is 4.90 Å². The van der Waals surface area contributed by atoms with Crippen molar-refractivity contribution in [3.63, 3.8) is 0 Å². The summed E-state index contributed by atoms with van der Waals surface area (Å²) < 4.78 is 67.1. The number of hydrogen-bond donors (Lipinski definition) is 0. The molecule has 3 atom stereocenters. The quantitative estimate of drug-likeness (QED) is 0.824. The third-order valence-corrected chi connectivity index (χ3v) is 8.44. The fraction of sp³-hybridized carbons (Fsp3) is 0.600. The molecule has 3 nitrogen and oxygen atoms in total. The molecule has 0 bridgehead atoms. The molecule has 0 saturated carbocycles. The van der Waals surface area contributed by atoms with Gasteiger partial charge in [0.1, 0.15) is 0 Å². The van der Waals surface area contributed by atoms with Gasteiger partial charge in [-0.05, 0) is 31.2 Å². The van der Waals surface area contributed by atoms with E-state index in [0.29, 0.717) is 31.1 Å². The zero-order valence-corrected chi connectivity index (χ0v) is 14.2. The monoisotopic (exact) mass is 365 g/mol. The molecule has 128 valence electrons. The normalized spacial score (nSPS) is 32.2. The Kier molecular flexibility index (Phi) is 4.21. The Hall–Kier alpha value is -0.730. The van der Waals surface area contributed by atoms with E-state index in [1.54, 1.807) is 18.2 Å². The van der Waals surface area contributed by atoms with Crippen LogP contribution in [0, 0.1) is 0 Å². The summed E-state index contributed by atoms with van der Waals surface area (Å²) in [7, 11) is -3.79. The molecule has 23 heavy (non-hydrogen) atoms. The molecule has 2 aliphatic rings. The minimum absolute atomic E-state index is 0.107. The molecule has 1 aromatic carbocycles. The maximum Gasteiger partial charge on any atom is 0.416 e. The van der Waals surface area contributed by atoms with Gasteiger partial charge in [0.05, 0.1) is 10.1 Å². The van der Waals surface area contributed by atoms with Crippen LogP contribution in [-0.2, 0) is 9.84 Å². The van der Waals surface area contributed by atoms with Crippen molar-refractivity contribution in [2.24, 2.45) is 0 Å². The van der Waals surface area contributed by atoms with Crippen LogP contribution in [0.2, 0.25) is 0 Å². The van der Waals surface area contributed by atoms with Crippen molar-refractivity contribution in [2.45, 2.75) is 46.5 Å². The van der Waals surface area contributed by atoms with E-state index in [-0.39, 0.29) is 4.90 Å². The predicted octanol–water partition coefficient (Wildman–Crippen LogP) is 3.32. The molecule has 2 heterocycles. The number of alkyl halides is 3. The first kappa shape index (κ1) is 17.1. The molecule has 2 saturated heterocycles. The summed E-state index contributed by atoms with van der Waals surface area (Å²) >= 11 is 0.715. The minimum Gasteiger partial charge on any atom is -0.277 e. The SMILES string of the molecule is CS[C@@]1(C(F)(F)F)C[C@@H](S(=O)(=O)c2ccccc2)[C@H]2CCCN21. The second-order valence-corrected chi connectivity index (χ2v) is 9.24. The number of thioether (sulfide) groups is 1. The van der Waals surface area contributed by atoms with Crippen LogP contribution in [0.5, 0.6) is 0 Å². The van der Waals surface area contributed by atoms with Crippen LogP contribution in [0.1, 0.15) is 19.3 Å². The summed E-state index contributed by atoms with van der Waals surface area (Å²) in [4.78, 5) is -0.611. The summed E-state index contributed by atoms with van der Waals surface area (Å²) in [5.41, 5.74) is 0. The molecule has 8 heteroatoms. The molecule has 0 unspecified atom stereocenters. The van der Waals surface area contributed by atoms with Gasteiger partial charge in [0, 0.05) is 19.0 Å². The molecule has 0 N–H and O–H groups in total. The number of benzene rings is 1. The van der Waals surface area contributed by atoms with Gasteiger partial charge < -0.3 is 0 Å². The van der Waals surface area contributed by atoms with Crippen molar-refractivity contribution in [3.8, 4) is 0 Å². The van der Waals surface area contributed by atoms with E-state index in [1.165, 1.54) is 23.3 Å². The lowest BCUT2D eigenvalue weighted by Crippen LogP contribution is -2.52. The van der Waals surface area contributed by atoms with E-state index in [4.69, 9.17) is 0 Å². The van der Waals surface area contributed by atoms with E-state index in [2.05, 4.69) is 0 Å². The van der Waals surface area contributed by atoms with E-state index in [0.717, 1.165) is 0 Å². The Morgan fingerprint density at radius 2 is 1.91 bits per heavy atom. The lowest BCUT2D eigenvalue weighted by molar-refractivity contribution is -0.189. The van der Waals surface area contributed by atoms with Crippen LogP contribution < -0.4 is 0 Å². The average molecular weight is 365 g/mol. The molecule has 1 aromatic rings. The minimum atomic E-state index is -4.46. The zero-order valence-electron chi connectivity index (χ0n) is 12.6. The Labute approximate surface area is 138 Å². The molecule has 0 radical (unpaired) electrons. The average Bonchev–Trinajstić information content (AvgIpc) is 3.08. The van der Waals surface area contributed by atoms with Crippen molar-refractivity contribution in [3.05, 3.63) is 30.3 Å². The van der Waals surface area contributed by atoms with Crippen LogP contribution in [0.4, 0.5) is 13.2 Å². The lowest BCUT2D eigenvalue weighted by Gasteiger charge is -2.38. The third-order valence-electron chi connectivity index (χ3n) is 4.92. The lowest BCUT2D eigenvalue weighted by atomic mass is 10.1. The molecule has 0 aliphatic carbocycles. The van der Waals surface area contributed by atoms with Crippen molar-refractivity contribution >= 4 is 21.6 Å². The Bertz CT molecular complexity index is 678. The molecule has 0 aromatic heterocycles. The van der Waals surface area contributed by atoms with Gasteiger partial charge >= 0.3 is 6.18 Å². The molecule has 2 aliphatic heterocycles. The van der Waals surface area contributed by atoms with Crippen molar-refractivity contribution < 1.29 is 21.6 Å². The number of hydrogen-bond acceptors (Lipinski definition) is 4. The first-order valence-corrected chi connectivity index (χ1v) is 10.2. The highest BCUT2D eigenvalue weighted by atomic mass is 32.2. The molecule has 0 amide bonds. The Morgan fingerprint density at radius 1 is 1.26 bits per heavy atom. The van der Waals surface area contributed by atoms with Crippen LogP contribution in [0.15, 0.2) is 35.2 Å². The summed E-state index contributed by atoms with van der Waals surface area (Å²) in [6.07, 6.45) is -2.35. The van der Waals surface area contributed by atoms with Crippen LogP contribution >= 0.6 is 11.8 Å². The second-order valence-electron chi connectivity index (χ2n) is 5.99. The van der Waals surface area contributed by atoms with Gasteiger partial charge in [-0.1, -0.05) is 18.2 Å². The first-order chi connectivity index (χ1) is 10.7. The van der Waals surface area contributed by atoms with Crippen molar-refractivity contribution in [1.82, 2.24) is 4.90 Å².